The quantitative estimate of drug-likeness (QED) is 0.567. The molecule has 2 aromatic rings. The van der Waals surface area contributed by atoms with Gasteiger partial charge in [-0.15, -0.1) is 0 Å². The molecule has 0 aromatic heterocycles. The summed E-state index contributed by atoms with van der Waals surface area (Å²) in [6, 6.07) is 15.2. The van der Waals surface area contributed by atoms with Crippen molar-refractivity contribution in [1.29, 1.82) is 0 Å². The van der Waals surface area contributed by atoms with E-state index in [1.54, 1.807) is 0 Å². The zero-order valence-corrected chi connectivity index (χ0v) is 18.5. The Kier molecular flexibility index (Phi) is 6.93. The molecular formula is C25H28N2O6. The number of nitrogens with one attached hydrogen (secondary N) is 2. The van der Waals surface area contributed by atoms with Crippen LogP contribution in [-0.2, 0) is 19.1 Å². The van der Waals surface area contributed by atoms with Gasteiger partial charge in [-0.3, -0.25) is 4.79 Å². The zero-order valence-electron chi connectivity index (χ0n) is 18.5. The van der Waals surface area contributed by atoms with Gasteiger partial charge >= 0.3 is 12.1 Å². The highest BCUT2D eigenvalue weighted by Gasteiger charge is 2.35. The summed E-state index contributed by atoms with van der Waals surface area (Å²) < 4.78 is 10.7. The first-order valence-corrected chi connectivity index (χ1v) is 11.2. The number of ether oxygens (including phenoxy) is 2. The van der Waals surface area contributed by atoms with Gasteiger partial charge in [-0.1, -0.05) is 55.5 Å². The van der Waals surface area contributed by atoms with Crippen LogP contribution in [0.2, 0.25) is 0 Å². The van der Waals surface area contributed by atoms with E-state index in [0.29, 0.717) is 12.8 Å². The third kappa shape index (κ3) is 5.01. The van der Waals surface area contributed by atoms with Crippen LogP contribution >= 0.6 is 0 Å². The van der Waals surface area contributed by atoms with Gasteiger partial charge in [-0.2, -0.15) is 0 Å². The Morgan fingerprint density at radius 3 is 2.33 bits per heavy atom. The molecule has 0 radical (unpaired) electrons. The SMILES string of the molecule is CCC(CC(=O)N[C@@H]1CCO[C@@H]1C(=O)O)NC(=O)OCC1c2ccccc2-c2ccccc21. The van der Waals surface area contributed by atoms with Crippen LogP contribution in [0.25, 0.3) is 11.1 Å². The largest absolute Gasteiger partial charge is 0.479 e. The first-order chi connectivity index (χ1) is 16.0. The van der Waals surface area contributed by atoms with Crippen molar-refractivity contribution < 1.29 is 29.0 Å². The molecule has 4 rings (SSSR count). The molecule has 1 aliphatic heterocycles. The molecule has 8 nitrogen and oxygen atoms in total. The number of amides is 2. The van der Waals surface area contributed by atoms with Crippen LogP contribution < -0.4 is 10.6 Å². The van der Waals surface area contributed by atoms with E-state index in [9.17, 15) is 14.4 Å². The molecule has 3 atom stereocenters. The molecule has 1 saturated heterocycles. The number of rotatable bonds is 8. The van der Waals surface area contributed by atoms with Crippen LogP contribution in [0.15, 0.2) is 48.5 Å². The Morgan fingerprint density at radius 1 is 1.09 bits per heavy atom. The molecule has 1 fully saturated rings. The maximum Gasteiger partial charge on any atom is 0.407 e. The van der Waals surface area contributed by atoms with Crippen molar-refractivity contribution >= 4 is 18.0 Å². The van der Waals surface area contributed by atoms with Crippen LogP contribution in [0, 0.1) is 0 Å². The van der Waals surface area contributed by atoms with Gasteiger partial charge in [0.05, 0.1) is 6.04 Å². The van der Waals surface area contributed by atoms with Crippen molar-refractivity contribution in [3.8, 4) is 11.1 Å². The van der Waals surface area contributed by atoms with Crippen molar-refractivity contribution in [2.45, 2.75) is 50.3 Å². The highest BCUT2D eigenvalue weighted by atomic mass is 16.5. The number of carboxylic acid groups (broad SMARTS) is 1. The Balaban J connectivity index is 1.31. The van der Waals surface area contributed by atoms with Crippen LogP contribution in [0.4, 0.5) is 4.79 Å². The maximum atomic E-state index is 12.5. The standard InChI is InChI=1S/C25H28N2O6/c1-2-15(13-22(28)27-21-11-12-32-23(21)24(29)30)26-25(31)33-14-20-18-9-5-3-7-16(18)17-8-4-6-10-19(17)20/h3-10,15,20-21,23H,2,11-14H2,1H3,(H,26,31)(H,27,28)(H,29,30)/t15?,21-,23+/m1/s1. The highest BCUT2D eigenvalue weighted by Crippen LogP contribution is 2.44. The molecule has 0 saturated carbocycles. The van der Waals surface area contributed by atoms with Crippen LogP contribution in [0.1, 0.15) is 43.2 Å². The van der Waals surface area contributed by atoms with Crippen LogP contribution in [0.3, 0.4) is 0 Å². The maximum absolute atomic E-state index is 12.5. The smallest absolute Gasteiger partial charge is 0.407 e. The molecule has 1 unspecified atom stereocenters. The summed E-state index contributed by atoms with van der Waals surface area (Å²) in [5.74, 6) is -1.47. The average Bonchev–Trinajstić information content (AvgIpc) is 3.40. The minimum atomic E-state index is -1.10. The molecule has 3 N–H and O–H groups in total. The van der Waals surface area contributed by atoms with Crippen molar-refractivity contribution in [3.05, 3.63) is 59.7 Å². The summed E-state index contributed by atoms with van der Waals surface area (Å²) in [4.78, 5) is 36.1. The lowest BCUT2D eigenvalue weighted by Gasteiger charge is -2.21. The number of fused-ring (bicyclic) bond motifs is 3. The Hall–Kier alpha value is -3.39. The van der Waals surface area contributed by atoms with Gasteiger partial charge in [0.1, 0.15) is 6.61 Å². The van der Waals surface area contributed by atoms with E-state index in [1.165, 1.54) is 0 Å². The van der Waals surface area contributed by atoms with Crippen molar-refractivity contribution in [2.24, 2.45) is 0 Å². The second-order valence-corrected chi connectivity index (χ2v) is 8.37. The van der Waals surface area contributed by atoms with E-state index in [2.05, 4.69) is 34.9 Å². The van der Waals surface area contributed by atoms with Gasteiger partial charge in [0, 0.05) is 25.0 Å². The highest BCUT2D eigenvalue weighted by molar-refractivity contribution is 5.81. The molecule has 2 aromatic carbocycles. The van der Waals surface area contributed by atoms with E-state index in [-0.39, 0.29) is 31.5 Å². The van der Waals surface area contributed by atoms with Gasteiger partial charge in [-0.25, -0.2) is 9.59 Å². The predicted octanol–water partition coefficient (Wildman–Crippen LogP) is 3.05. The van der Waals surface area contributed by atoms with Gasteiger partial charge in [-0.05, 0) is 35.1 Å². The van der Waals surface area contributed by atoms with E-state index in [1.807, 2.05) is 31.2 Å². The third-order valence-corrected chi connectivity index (χ3v) is 6.27. The number of aliphatic carboxylic acids is 1. The fourth-order valence-electron chi connectivity index (χ4n) is 4.57. The van der Waals surface area contributed by atoms with Crippen LogP contribution in [0.5, 0.6) is 0 Å². The molecule has 174 valence electrons. The number of alkyl carbamates (subject to hydrolysis) is 1. The number of carbonyl (C=O) groups excluding carboxylic acids is 2. The van der Waals surface area contributed by atoms with Crippen LogP contribution in [-0.4, -0.2) is 54.5 Å². The summed E-state index contributed by atoms with van der Waals surface area (Å²) in [5, 5.41) is 14.6. The summed E-state index contributed by atoms with van der Waals surface area (Å²) >= 11 is 0. The van der Waals surface area contributed by atoms with E-state index < -0.39 is 30.3 Å². The number of hydrogen-bond acceptors (Lipinski definition) is 5. The molecule has 1 heterocycles. The molecule has 2 amide bonds. The summed E-state index contributed by atoms with van der Waals surface area (Å²) in [6.07, 6.45) is -0.613. The van der Waals surface area contributed by atoms with E-state index in [0.717, 1.165) is 22.3 Å². The molecule has 33 heavy (non-hydrogen) atoms. The number of benzene rings is 2. The number of carbonyl (C=O) groups is 3. The lowest BCUT2D eigenvalue weighted by molar-refractivity contribution is -0.148. The molecule has 0 spiro atoms. The minimum Gasteiger partial charge on any atom is -0.479 e. The third-order valence-electron chi connectivity index (χ3n) is 6.27. The van der Waals surface area contributed by atoms with Crippen molar-refractivity contribution in [1.82, 2.24) is 10.6 Å². The Labute approximate surface area is 192 Å². The molecule has 1 aliphatic carbocycles. The van der Waals surface area contributed by atoms with Crippen molar-refractivity contribution in [2.75, 3.05) is 13.2 Å². The van der Waals surface area contributed by atoms with Crippen molar-refractivity contribution in [3.63, 3.8) is 0 Å². The zero-order chi connectivity index (χ0) is 23.4. The Bertz CT molecular complexity index is 994. The first-order valence-electron chi connectivity index (χ1n) is 11.2. The second-order valence-electron chi connectivity index (χ2n) is 8.37. The minimum absolute atomic E-state index is 0.0313. The number of hydrogen-bond donors (Lipinski definition) is 3. The summed E-state index contributed by atoms with van der Waals surface area (Å²) in [7, 11) is 0. The fourth-order valence-corrected chi connectivity index (χ4v) is 4.57. The van der Waals surface area contributed by atoms with Gasteiger partial charge in [0.2, 0.25) is 5.91 Å². The predicted molar refractivity (Wildman–Crippen MR) is 121 cm³/mol. The normalized spacial score (nSPS) is 19.9. The monoisotopic (exact) mass is 452 g/mol. The average molecular weight is 453 g/mol. The first kappa shape index (κ1) is 22.8. The van der Waals surface area contributed by atoms with Gasteiger partial charge < -0.3 is 25.2 Å². The van der Waals surface area contributed by atoms with Gasteiger partial charge in [0.15, 0.2) is 6.10 Å². The number of carboxylic acids is 1. The topological polar surface area (TPSA) is 114 Å². The molecule has 2 aliphatic rings. The summed E-state index contributed by atoms with van der Waals surface area (Å²) in [5.41, 5.74) is 4.57. The second kappa shape index (κ2) is 10.0. The van der Waals surface area contributed by atoms with E-state index in [4.69, 9.17) is 14.6 Å². The lowest BCUT2D eigenvalue weighted by Crippen LogP contribution is -2.46. The summed E-state index contributed by atoms with van der Waals surface area (Å²) in [6.45, 7) is 2.35. The van der Waals surface area contributed by atoms with E-state index >= 15 is 0 Å². The molecule has 8 heteroatoms. The fraction of sp³-hybridized carbons (Fsp3) is 0.400. The molecule has 0 bridgehead atoms. The van der Waals surface area contributed by atoms with Gasteiger partial charge in [0.25, 0.3) is 0 Å². The molecular weight excluding hydrogens is 424 g/mol. The Morgan fingerprint density at radius 2 is 1.73 bits per heavy atom. The lowest BCUT2D eigenvalue weighted by atomic mass is 9.98.